The van der Waals surface area contributed by atoms with Gasteiger partial charge in [-0.1, -0.05) is 0 Å². The van der Waals surface area contributed by atoms with E-state index in [2.05, 4.69) is 4.74 Å². The summed E-state index contributed by atoms with van der Waals surface area (Å²) in [7, 11) is 1.41. The van der Waals surface area contributed by atoms with Crippen LogP contribution in [0.1, 0.15) is 18.1 Å². The Morgan fingerprint density at radius 3 is 1.72 bits per heavy atom. The summed E-state index contributed by atoms with van der Waals surface area (Å²) in [6, 6.07) is 12.9. The van der Waals surface area contributed by atoms with Gasteiger partial charge < -0.3 is 4.74 Å². The van der Waals surface area contributed by atoms with Crippen LogP contribution in [-0.2, 0) is 4.74 Å². The maximum atomic E-state index is 12.3. The maximum Gasteiger partial charge on any atom is 0.212 e. The second-order valence-corrected chi connectivity index (χ2v) is 5.71. The molecule has 0 amide bonds. The normalized spacial score (nSPS) is 8.56. The predicted octanol–water partition coefficient (Wildman–Crippen LogP) is 5.73. The Balaban J connectivity index is 0. The van der Waals surface area contributed by atoms with Gasteiger partial charge in [-0.25, -0.2) is 8.78 Å². The highest BCUT2D eigenvalue weighted by Crippen LogP contribution is 2.03. The summed E-state index contributed by atoms with van der Waals surface area (Å²) in [5.41, 5.74) is 1.06. The molecule has 0 aliphatic heterocycles. The second-order valence-electron chi connectivity index (χ2n) is 4.18. The average molecular weight is 410 g/mol. The van der Waals surface area contributed by atoms with Gasteiger partial charge in [0, 0.05) is 5.56 Å². The molecule has 2 rings (SSSR count). The van der Waals surface area contributed by atoms with E-state index in [1.54, 1.807) is 6.92 Å². The van der Waals surface area contributed by atoms with Crippen LogP contribution >= 0.6 is 35.6 Å². The summed E-state index contributed by atoms with van der Waals surface area (Å²) < 4.78 is 29.1. The number of alkyl halides is 2. The third-order valence-electron chi connectivity index (χ3n) is 2.28. The van der Waals surface area contributed by atoms with Crippen molar-refractivity contribution in [2.75, 3.05) is 7.11 Å². The molecule has 0 atom stereocenters. The molecule has 0 fully saturated rings. The van der Waals surface area contributed by atoms with Gasteiger partial charge in [-0.3, -0.25) is 5.41 Å². The van der Waals surface area contributed by atoms with Crippen molar-refractivity contribution < 1.29 is 13.5 Å². The maximum absolute atomic E-state index is 12.3. The summed E-state index contributed by atoms with van der Waals surface area (Å²) in [6.45, 7) is 1.70. The zero-order chi connectivity index (χ0) is 18.5. The van der Waals surface area contributed by atoms with Crippen LogP contribution in [0.5, 0.6) is 0 Å². The Hall–Kier alpha value is -1.87. The van der Waals surface area contributed by atoms with Gasteiger partial charge in [-0.05, 0) is 55.5 Å². The molecule has 0 spiro atoms. The van der Waals surface area contributed by atoms with E-state index in [-0.39, 0.29) is 34.8 Å². The Morgan fingerprint density at radius 2 is 1.40 bits per heavy atom. The van der Waals surface area contributed by atoms with Crippen molar-refractivity contribution in [3.63, 3.8) is 0 Å². The highest BCUT2D eigenvalue weighted by atomic mass is 35.5. The zero-order valence-corrected chi connectivity index (χ0v) is 15.8. The van der Waals surface area contributed by atoms with Crippen LogP contribution in [-0.4, -0.2) is 17.8 Å². The smallest absolute Gasteiger partial charge is 0.212 e. The highest BCUT2D eigenvalue weighted by Gasteiger charge is 1.98. The molecule has 0 heterocycles. The van der Waals surface area contributed by atoms with Crippen LogP contribution in [0.15, 0.2) is 48.5 Å². The van der Waals surface area contributed by atoms with Crippen molar-refractivity contribution in [3.05, 3.63) is 71.3 Å². The highest BCUT2D eigenvalue weighted by molar-refractivity contribution is 6.43. The van der Waals surface area contributed by atoms with Crippen LogP contribution in [0, 0.1) is 28.4 Å². The molecule has 25 heavy (non-hydrogen) atoms. The summed E-state index contributed by atoms with van der Waals surface area (Å²) in [5.74, 6) is -0.573. The predicted molar refractivity (Wildman–Crippen MR) is 99.8 cm³/mol. The SMILES string of the molecule is CC(Cl)Cl.COC(=N)c1ccc(F)cc1.Cl.N#Cc1ccc(F)cc1. The molecule has 0 saturated carbocycles. The molecule has 0 radical (unpaired) electrons. The third kappa shape index (κ3) is 13.1. The summed E-state index contributed by atoms with van der Waals surface area (Å²) in [6.07, 6.45) is 0. The fraction of sp³-hybridized carbons (Fsp3) is 0.176. The van der Waals surface area contributed by atoms with E-state index in [4.69, 9.17) is 33.9 Å². The number of hydrogen-bond donors (Lipinski definition) is 1. The van der Waals surface area contributed by atoms with Gasteiger partial charge in [-0.2, -0.15) is 5.26 Å². The third-order valence-corrected chi connectivity index (χ3v) is 2.28. The van der Waals surface area contributed by atoms with E-state index in [1.807, 2.05) is 6.07 Å². The number of methoxy groups -OCH3 is 1. The lowest BCUT2D eigenvalue weighted by atomic mass is 10.2. The van der Waals surface area contributed by atoms with Gasteiger partial charge >= 0.3 is 0 Å². The molecular weight excluding hydrogens is 393 g/mol. The standard InChI is InChI=1S/C8H8FNO.C7H4FN.C2H4Cl2.ClH/c1-11-8(10)6-2-4-7(9)5-3-6;8-7-3-1-6(5-9)2-4-7;1-2(3)4;/h2-5,10H,1H3;1-4H;2H,1H3;1H. The Morgan fingerprint density at radius 1 is 1.04 bits per heavy atom. The number of nitrogens with one attached hydrogen (secondary N) is 1. The van der Waals surface area contributed by atoms with Crippen molar-refractivity contribution in [2.45, 2.75) is 11.8 Å². The van der Waals surface area contributed by atoms with Crippen molar-refractivity contribution in [2.24, 2.45) is 0 Å². The van der Waals surface area contributed by atoms with E-state index in [1.165, 1.54) is 55.6 Å². The van der Waals surface area contributed by atoms with Crippen LogP contribution in [0.25, 0.3) is 0 Å². The first-order valence-electron chi connectivity index (χ1n) is 6.62. The fourth-order valence-electron chi connectivity index (χ4n) is 1.24. The van der Waals surface area contributed by atoms with Crippen LogP contribution in [0.2, 0.25) is 0 Å². The average Bonchev–Trinajstić information content (AvgIpc) is 2.55. The van der Waals surface area contributed by atoms with E-state index in [0.29, 0.717) is 11.1 Å². The molecule has 0 bridgehead atoms. The minimum atomic E-state index is -0.311. The molecule has 2 aromatic rings. The van der Waals surface area contributed by atoms with E-state index >= 15 is 0 Å². The van der Waals surface area contributed by atoms with E-state index in [9.17, 15) is 8.78 Å². The quantitative estimate of drug-likeness (QED) is 0.372. The number of halogens is 5. The topological polar surface area (TPSA) is 56.9 Å². The monoisotopic (exact) mass is 408 g/mol. The van der Waals surface area contributed by atoms with Gasteiger partial charge in [0.1, 0.15) is 16.5 Å². The molecule has 2 aromatic carbocycles. The fourth-order valence-corrected chi connectivity index (χ4v) is 1.24. The molecule has 0 unspecified atom stereocenters. The lowest BCUT2D eigenvalue weighted by Gasteiger charge is -2.00. The van der Waals surface area contributed by atoms with Crippen molar-refractivity contribution in [1.82, 2.24) is 0 Å². The van der Waals surface area contributed by atoms with E-state index in [0.717, 1.165) is 0 Å². The Labute approximate surface area is 162 Å². The summed E-state index contributed by atoms with van der Waals surface area (Å²) >= 11 is 10.1. The first-order chi connectivity index (χ1) is 11.3. The molecule has 0 aliphatic rings. The van der Waals surface area contributed by atoms with Crippen molar-refractivity contribution in [3.8, 4) is 6.07 Å². The summed E-state index contributed by atoms with van der Waals surface area (Å²) in [5, 5.41) is 15.5. The van der Waals surface area contributed by atoms with Crippen LogP contribution in [0.3, 0.4) is 0 Å². The van der Waals surface area contributed by atoms with Crippen molar-refractivity contribution >= 4 is 41.5 Å². The van der Waals surface area contributed by atoms with Crippen molar-refractivity contribution in [1.29, 1.82) is 10.7 Å². The largest absolute Gasteiger partial charge is 0.481 e. The Kier molecular flexibility index (Phi) is 14.7. The minimum absolute atomic E-state index is 0. The van der Waals surface area contributed by atoms with Gasteiger partial charge in [-0.15, -0.1) is 35.6 Å². The minimum Gasteiger partial charge on any atom is -0.481 e. The molecule has 8 heteroatoms. The first-order valence-corrected chi connectivity index (χ1v) is 7.49. The molecule has 0 aliphatic carbocycles. The lowest BCUT2D eigenvalue weighted by Crippen LogP contribution is -2.00. The number of nitriles is 1. The van der Waals surface area contributed by atoms with E-state index < -0.39 is 0 Å². The molecular formula is C17H17Cl3F2N2O. The first kappa shape index (κ1) is 25.4. The number of hydrogen-bond acceptors (Lipinski definition) is 3. The molecule has 1 N–H and O–H groups in total. The van der Waals surface area contributed by atoms with Gasteiger partial charge in [0.25, 0.3) is 0 Å². The number of nitrogens with zero attached hydrogens (tertiary/aromatic N) is 1. The van der Waals surface area contributed by atoms with Gasteiger partial charge in [0.15, 0.2) is 0 Å². The summed E-state index contributed by atoms with van der Waals surface area (Å²) in [4.78, 5) is -0.222. The molecule has 0 saturated heterocycles. The zero-order valence-electron chi connectivity index (χ0n) is 13.5. The second kappa shape index (κ2) is 14.5. The number of rotatable bonds is 1. The van der Waals surface area contributed by atoms with Gasteiger partial charge in [0.2, 0.25) is 5.90 Å². The van der Waals surface area contributed by atoms with Crippen LogP contribution in [0.4, 0.5) is 8.78 Å². The molecule has 0 aromatic heterocycles. The Bertz CT molecular complexity index is 654. The molecule has 3 nitrogen and oxygen atoms in total. The van der Waals surface area contributed by atoms with Gasteiger partial charge in [0.05, 0.1) is 18.7 Å². The lowest BCUT2D eigenvalue weighted by molar-refractivity contribution is 0.401. The van der Waals surface area contributed by atoms with Crippen LogP contribution < -0.4 is 0 Å². The molecule has 136 valence electrons. The number of ether oxygens (including phenoxy) is 1. The number of benzene rings is 2.